The Hall–Kier alpha value is -2.25. The second-order valence-electron chi connectivity index (χ2n) is 6.87. The van der Waals surface area contributed by atoms with Gasteiger partial charge in [0.15, 0.2) is 17.0 Å². The molecular formula is C18H20ClN3O4. The maximum Gasteiger partial charge on any atom is 0.331 e. The molecule has 1 fully saturated rings. The van der Waals surface area contributed by atoms with Crippen LogP contribution < -0.4 is 9.47 Å². The van der Waals surface area contributed by atoms with Gasteiger partial charge >= 0.3 is 5.97 Å². The second-order valence-corrected chi connectivity index (χ2v) is 7.28. The number of aryl methyl sites for hydroxylation is 1. The molecule has 138 valence electrons. The molecule has 1 aromatic carbocycles. The predicted molar refractivity (Wildman–Crippen MR) is 94.7 cm³/mol. The minimum absolute atomic E-state index is 0.212. The summed E-state index contributed by atoms with van der Waals surface area (Å²) in [6.45, 7) is 4.06. The number of benzene rings is 1. The van der Waals surface area contributed by atoms with Crippen LogP contribution in [0.15, 0.2) is 24.5 Å². The van der Waals surface area contributed by atoms with E-state index >= 15 is 0 Å². The smallest absolute Gasteiger partial charge is 0.331 e. The summed E-state index contributed by atoms with van der Waals surface area (Å²) in [4.78, 5) is 14.2. The number of carboxylic acid groups (broad SMARTS) is 1. The molecule has 0 spiro atoms. The lowest BCUT2D eigenvalue weighted by molar-refractivity contribution is -0.151. The Morgan fingerprint density at radius 2 is 2.00 bits per heavy atom. The van der Waals surface area contributed by atoms with Gasteiger partial charge in [-0.15, -0.1) is 0 Å². The number of carbonyl (C=O) groups is 1. The third-order valence-electron chi connectivity index (χ3n) is 5.17. The summed E-state index contributed by atoms with van der Waals surface area (Å²) in [5, 5.41) is 14.7. The zero-order valence-corrected chi connectivity index (χ0v) is 15.2. The Morgan fingerprint density at radius 3 is 2.62 bits per heavy atom. The van der Waals surface area contributed by atoms with Gasteiger partial charge < -0.3 is 14.6 Å². The standard InChI is InChI=1S/C18H20ClN3O4/c1-12-8-20-22(9-12)18(17(23)24)2-4-21(5-3-18)10-13-6-15-16(7-14(13)19)26-11-25-15/h6-9H,2-5,10-11H2,1H3,(H,23,24). The summed E-state index contributed by atoms with van der Waals surface area (Å²) in [6, 6.07) is 3.68. The molecule has 1 aromatic heterocycles. The SMILES string of the molecule is Cc1cnn(C2(C(=O)O)CCN(Cc3cc4c(cc3Cl)OCO4)CC2)c1. The number of fused-ring (bicyclic) bond motifs is 1. The molecule has 3 heterocycles. The molecule has 7 nitrogen and oxygen atoms in total. The van der Waals surface area contributed by atoms with Crippen molar-refractivity contribution in [3.63, 3.8) is 0 Å². The third-order valence-corrected chi connectivity index (χ3v) is 5.52. The van der Waals surface area contributed by atoms with E-state index in [9.17, 15) is 9.90 Å². The minimum Gasteiger partial charge on any atom is -0.479 e. The average Bonchev–Trinajstić information content (AvgIpc) is 3.24. The molecule has 0 unspecified atom stereocenters. The fraction of sp³-hybridized carbons (Fsp3) is 0.444. The van der Waals surface area contributed by atoms with Crippen molar-refractivity contribution in [3.8, 4) is 11.5 Å². The van der Waals surface area contributed by atoms with Crippen LogP contribution in [0.1, 0.15) is 24.0 Å². The highest BCUT2D eigenvalue weighted by atomic mass is 35.5. The first-order valence-corrected chi connectivity index (χ1v) is 8.91. The van der Waals surface area contributed by atoms with Gasteiger partial charge in [0.1, 0.15) is 0 Å². The van der Waals surface area contributed by atoms with Gasteiger partial charge in [0.25, 0.3) is 0 Å². The van der Waals surface area contributed by atoms with E-state index < -0.39 is 11.5 Å². The fourth-order valence-corrected chi connectivity index (χ4v) is 3.80. The number of hydrogen-bond acceptors (Lipinski definition) is 5. The number of rotatable bonds is 4. The maximum absolute atomic E-state index is 12.0. The van der Waals surface area contributed by atoms with Crippen LogP contribution in [-0.2, 0) is 16.9 Å². The van der Waals surface area contributed by atoms with E-state index in [1.54, 1.807) is 23.1 Å². The van der Waals surface area contributed by atoms with E-state index in [-0.39, 0.29) is 6.79 Å². The number of piperidine rings is 1. The topological polar surface area (TPSA) is 76.8 Å². The highest BCUT2D eigenvalue weighted by Crippen LogP contribution is 2.38. The summed E-state index contributed by atoms with van der Waals surface area (Å²) in [5.74, 6) is 0.533. The number of likely N-dealkylation sites (tertiary alicyclic amines) is 1. The molecule has 2 aliphatic rings. The zero-order chi connectivity index (χ0) is 18.3. The van der Waals surface area contributed by atoms with Gasteiger partial charge in [-0.25, -0.2) is 4.79 Å². The average molecular weight is 378 g/mol. The molecule has 0 amide bonds. The molecule has 0 saturated carbocycles. The Labute approximate surface area is 156 Å². The molecule has 0 atom stereocenters. The number of halogens is 1. The summed E-state index contributed by atoms with van der Waals surface area (Å²) in [6.07, 6.45) is 4.49. The predicted octanol–water partition coefficient (Wildman–Crippen LogP) is 2.65. The van der Waals surface area contributed by atoms with Crippen molar-refractivity contribution in [2.75, 3.05) is 19.9 Å². The fourth-order valence-electron chi connectivity index (χ4n) is 3.59. The van der Waals surface area contributed by atoms with Crippen LogP contribution in [0.2, 0.25) is 5.02 Å². The Balaban J connectivity index is 1.49. The van der Waals surface area contributed by atoms with Gasteiger partial charge in [0.2, 0.25) is 6.79 Å². The molecule has 26 heavy (non-hydrogen) atoms. The maximum atomic E-state index is 12.0. The van der Waals surface area contributed by atoms with E-state index in [4.69, 9.17) is 21.1 Å². The first-order valence-electron chi connectivity index (χ1n) is 8.53. The Kier molecular flexibility index (Phi) is 4.28. The first-order chi connectivity index (χ1) is 12.5. The van der Waals surface area contributed by atoms with E-state index in [2.05, 4.69) is 10.00 Å². The van der Waals surface area contributed by atoms with Gasteiger partial charge in [-0.1, -0.05) is 11.6 Å². The molecule has 1 saturated heterocycles. The van der Waals surface area contributed by atoms with Crippen LogP contribution in [0, 0.1) is 6.92 Å². The van der Waals surface area contributed by atoms with Crippen molar-refractivity contribution >= 4 is 17.6 Å². The van der Waals surface area contributed by atoms with Gasteiger partial charge in [-0.05, 0) is 37.0 Å². The summed E-state index contributed by atoms with van der Waals surface area (Å²) in [7, 11) is 0. The number of hydrogen-bond donors (Lipinski definition) is 1. The summed E-state index contributed by atoms with van der Waals surface area (Å²) in [5.41, 5.74) is 0.928. The summed E-state index contributed by atoms with van der Waals surface area (Å²) < 4.78 is 12.4. The van der Waals surface area contributed by atoms with E-state index in [1.165, 1.54) is 0 Å². The molecular weight excluding hydrogens is 358 g/mol. The zero-order valence-electron chi connectivity index (χ0n) is 14.4. The van der Waals surface area contributed by atoms with Gasteiger partial charge in [0.05, 0.1) is 6.20 Å². The van der Waals surface area contributed by atoms with Crippen LogP contribution >= 0.6 is 11.6 Å². The van der Waals surface area contributed by atoms with E-state index in [1.807, 2.05) is 13.0 Å². The van der Waals surface area contributed by atoms with Crippen molar-refractivity contribution in [3.05, 3.63) is 40.7 Å². The van der Waals surface area contributed by atoms with Crippen molar-refractivity contribution in [1.82, 2.24) is 14.7 Å². The molecule has 8 heteroatoms. The van der Waals surface area contributed by atoms with Crippen LogP contribution in [0.5, 0.6) is 11.5 Å². The number of aliphatic carboxylic acids is 1. The molecule has 0 radical (unpaired) electrons. The molecule has 4 rings (SSSR count). The number of ether oxygens (including phenoxy) is 2. The van der Waals surface area contributed by atoms with Crippen LogP contribution in [0.25, 0.3) is 0 Å². The molecule has 0 bridgehead atoms. The normalized spacial score (nSPS) is 18.8. The van der Waals surface area contributed by atoms with Crippen LogP contribution in [0.3, 0.4) is 0 Å². The van der Waals surface area contributed by atoms with Gasteiger partial charge in [-0.3, -0.25) is 9.58 Å². The Bertz CT molecular complexity index is 843. The molecule has 2 aliphatic heterocycles. The Morgan fingerprint density at radius 1 is 1.31 bits per heavy atom. The van der Waals surface area contributed by atoms with E-state index in [0.717, 1.165) is 11.1 Å². The van der Waals surface area contributed by atoms with E-state index in [0.29, 0.717) is 49.0 Å². The number of carboxylic acids is 1. The molecule has 1 N–H and O–H groups in total. The quantitative estimate of drug-likeness (QED) is 0.882. The minimum atomic E-state index is -0.983. The lowest BCUT2D eigenvalue weighted by Gasteiger charge is -2.39. The monoisotopic (exact) mass is 377 g/mol. The van der Waals surface area contributed by atoms with Crippen LogP contribution in [0.4, 0.5) is 0 Å². The van der Waals surface area contributed by atoms with Crippen LogP contribution in [-0.4, -0.2) is 45.6 Å². The van der Waals surface area contributed by atoms with Crippen molar-refractivity contribution in [2.45, 2.75) is 31.8 Å². The van der Waals surface area contributed by atoms with Crippen molar-refractivity contribution < 1.29 is 19.4 Å². The largest absolute Gasteiger partial charge is 0.479 e. The molecule has 0 aliphatic carbocycles. The van der Waals surface area contributed by atoms with Crippen molar-refractivity contribution in [2.24, 2.45) is 0 Å². The van der Waals surface area contributed by atoms with Crippen molar-refractivity contribution in [1.29, 1.82) is 0 Å². The second kappa shape index (κ2) is 6.48. The highest BCUT2D eigenvalue weighted by Gasteiger charge is 2.44. The number of nitrogens with zero attached hydrogens (tertiary/aromatic N) is 3. The highest BCUT2D eigenvalue weighted by molar-refractivity contribution is 6.31. The third kappa shape index (κ3) is 2.91. The summed E-state index contributed by atoms with van der Waals surface area (Å²) >= 11 is 6.36. The molecule has 2 aromatic rings. The lowest BCUT2D eigenvalue weighted by Crippen LogP contribution is -2.51. The van der Waals surface area contributed by atoms with Gasteiger partial charge in [0, 0.05) is 36.9 Å². The first kappa shape index (κ1) is 17.2. The van der Waals surface area contributed by atoms with Gasteiger partial charge in [-0.2, -0.15) is 5.10 Å². The lowest BCUT2D eigenvalue weighted by atomic mass is 9.87. The number of aromatic nitrogens is 2.